The third-order valence-electron chi connectivity index (χ3n) is 3.51. The van der Waals surface area contributed by atoms with Crippen molar-refractivity contribution in [3.05, 3.63) is 36.3 Å². The maximum Gasteiger partial charge on any atom is 0.277 e. The molecule has 2 heterocycles. The smallest absolute Gasteiger partial charge is 0.277 e. The number of hydrogen-bond acceptors (Lipinski definition) is 6. The van der Waals surface area contributed by atoms with Crippen molar-refractivity contribution < 1.29 is 14.3 Å². The van der Waals surface area contributed by atoms with Gasteiger partial charge in [0.25, 0.3) is 5.91 Å². The molecule has 3 aromatic rings. The molecular formula is C16H20N6O3. The van der Waals surface area contributed by atoms with Gasteiger partial charge < -0.3 is 14.8 Å². The predicted octanol–water partition coefficient (Wildman–Crippen LogP) is 1.81. The van der Waals surface area contributed by atoms with Crippen LogP contribution in [-0.2, 0) is 16.0 Å². The topological polar surface area (TPSA) is 107 Å². The largest absolute Gasteiger partial charge is 0.351 e. The van der Waals surface area contributed by atoms with Crippen LogP contribution in [-0.4, -0.2) is 50.6 Å². The Bertz CT molecular complexity index is 837. The minimum atomic E-state index is -0.420. The first-order chi connectivity index (χ1) is 12.2. The number of benzene rings is 1. The zero-order valence-electron chi connectivity index (χ0n) is 14.1. The lowest BCUT2D eigenvalue weighted by molar-refractivity contribution is -0.145. The molecule has 25 heavy (non-hydrogen) atoms. The van der Waals surface area contributed by atoms with E-state index in [0.29, 0.717) is 25.4 Å². The number of nitrogens with one attached hydrogen (secondary N) is 2. The summed E-state index contributed by atoms with van der Waals surface area (Å²) in [4.78, 5) is 12.3. The molecule has 0 saturated carbocycles. The molecule has 0 aliphatic carbocycles. The maximum atomic E-state index is 12.3. The number of anilines is 1. The van der Waals surface area contributed by atoms with Gasteiger partial charge in [0.1, 0.15) is 0 Å². The zero-order chi connectivity index (χ0) is 17.6. The lowest BCUT2D eigenvalue weighted by atomic mass is 10.2. The molecule has 0 aliphatic rings. The van der Waals surface area contributed by atoms with Crippen molar-refractivity contribution >= 4 is 22.5 Å². The molecule has 2 aromatic heterocycles. The van der Waals surface area contributed by atoms with Crippen LogP contribution in [0.25, 0.3) is 10.9 Å². The highest BCUT2D eigenvalue weighted by Gasteiger charge is 2.15. The van der Waals surface area contributed by atoms with E-state index in [1.165, 1.54) is 4.68 Å². The third-order valence-corrected chi connectivity index (χ3v) is 3.51. The van der Waals surface area contributed by atoms with Gasteiger partial charge in [-0.05, 0) is 32.0 Å². The minimum absolute atomic E-state index is 0.221. The molecule has 1 aromatic carbocycles. The van der Waals surface area contributed by atoms with Crippen molar-refractivity contribution in [3.63, 3.8) is 0 Å². The van der Waals surface area contributed by atoms with Crippen LogP contribution in [0, 0.1) is 0 Å². The average molecular weight is 344 g/mol. The summed E-state index contributed by atoms with van der Waals surface area (Å²) in [5.41, 5.74) is 1.79. The number of nitrogens with zero attached hydrogens (tertiary/aromatic N) is 4. The molecule has 0 fully saturated rings. The van der Waals surface area contributed by atoms with E-state index >= 15 is 0 Å². The molecule has 9 nitrogen and oxygen atoms in total. The molecule has 3 rings (SSSR count). The maximum absolute atomic E-state index is 12.3. The number of aromatic nitrogens is 5. The lowest BCUT2D eigenvalue weighted by Gasteiger charge is -2.16. The van der Waals surface area contributed by atoms with Crippen LogP contribution in [0.2, 0.25) is 0 Å². The Labute approximate surface area is 144 Å². The van der Waals surface area contributed by atoms with E-state index < -0.39 is 6.29 Å². The molecule has 0 saturated heterocycles. The Morgan fingerprint density at radius 2 is 2.12 bits per heavy atom. The number of hydrogen-bond donors (Lipinski definition) is 2. The van der Waals surface area contributed by atoms with E-state index in [1.54, 1.807) is 18.5 Å². The van der Waals surface area contributed by atoms with Crippen molar-refractivity contribution in [2.75, 3.05) is 18.5 Å². The van der Waals surface area contributed by atoms with Gasteiger partial charge in [-0.2, -0.15) is 5.10 Å². The molecule has 0 unspecified atom stereocenters. The quantitative estimate of drug-likeness (QED) is 0.604. The average Bonchev–Trinajstić information content (AvgIpc) is 3.24. The van der Waals surface area contributed by atoms with Gasteiger partial charge in [0, 0.05) is 24.3 Å². The lowest BCUT2D eigenvalue weighted by Crippen LogP contribution is -2.24. The van der Waals surface area contributed by atoms with Gasteiger partial charge in [0.15, 0.2) is 12.0 Å². The normalized spacial score (nSPS) is 11.3. The predicted molar refractivity (Wildman–Crippen MR) is 91.1 cm³/mol. The van der Waals surface area contributed by atoms with Crippen LogP contribution < -0.4 is 5.32 Å². The van der Waals surface area contributed by atoms with Crippen LogP contribution in [0.3, 0.4) is 0 Å². The molecule has 1 amide bonds. The molecule has 0 bridgehead atoms. The van der Waals surface area contributed by atoms with Crippen molar-refractivity contribution in [3.8, 4) is 0 Å². The molecule has 9 heteroatoms. The number of fused-ring (bicyclic) bond motifs is 1. The number of aromatic amines is 1. The third kappa shape index (κ3) is 4.20. The number of amides is 1. The second-order valence-corrected chi connectivity index (χ2v) is 5.29. The summed E-state index contributed by atoms with van der Waals surface area (Å²) in [5, 5.41) is 18.4. The summed E-state index contributed by atoms with van der Waals surface area (Å²) in [6, 6.07) is 5.48. The zero-order valence-corrected chi connectivity index (χ0v) is 14.1. The molecule has 0 spiro atoms. The molecule has 0 atom stereocenters. The second-order valence-electron chi connectivity index (χ2n) is 5.29. The van der Waals surface area contributed by atoms with Crippen LogP contribution in [0.5, 0.6) is 0 Å². The van der Waals surface area contributed by atoms with Crippen molar-refractivity contribution in [1.29, 1.82) is 0 Å². The Hall–Kier alpha value is -2.78. The molecule has 132 valence electrons. The van der Waals surface area contributed by atoms with E-state index in [2.05, 4.69) is 25.8 Å². The fraction of sp³-hybridized carbons (Fsp3) is 0.375. The Morgan fingerprint density at radius 1 is 1.32 bits per heavy atom. The van der Waals surface area contributed by atoms with E-state index in [-0.39, 0.29) is 11.6 Å². The van der Waals surface area contributed by atoms with Gasteiger partial charge in [-0.15, -0.1) is 5.10 Å². The number of carbonyl (C=O) groups is 1. The first-order valence-corrected chi connectivity index (χ1v) is 8.07. The second kappa shape index (κ2) is 7.86. The van der Waals surface area contributed by atoms with Gasteiger partial charge in [0.05, 0.1) is 24.5 Å². The van der Waals surface area contributed by atoms with Gasteiger partial charge in [-0.3, -0.25) is 9.89 Å². The summed E-state index contributed by atoms with van der Waals surface area (Å²) in [6.45, 7) is 5.21. The van der Waals surface area contributed by atoms with Crippen molar-refractivity contribution in [2.24, 2.45) is 0 Å². The van der Waals surface area contributed by atoms with Crippen molar-refractivity contribution in [1.82, 2.24) is 25.2 Å². The SMILES string of the molecule is CCOC(Cn1cc(C(=O)Nc2ccc3[nH]ncc3c2)nn1)OCC. The highest BCUT2D eigenvalue weighted by atomic mass is 16.7. The van der Waals surface area contributed by atoms with Crippen LogP contribution in [0.15, 0.2) is 30.6 Å². The highest BCUT2D eigenvalue weighted by Crippen LogP contribution is 2.17. The summed E-state index contributed by atoms with van der Waals surface area (Å²) >= 11 is 0. The van der Waals surface area contributed by atoms with Crippen LogP contribution in [0.4, 0.5) is 5.69 Å². The number of ether oxygens (including phenoxy) is 2. The monoisotopic (exact) mass is 344 g/mol. The molecule has 0 radical (unpaired) electrons. The number of H-pyrrole nitrogens is 1. The van der Waals surface area contributed by atoms with E-state index in [1.807, 2.05) is 26.0 Å². The molecule has 2 N–H and O–H groups in total. The molecule has 0 aliphatic heterocycles. The van der Waals surface area contributed by atoms with Gasteiger partial charge in [0.2, 0.25) is 0 Å². The Morgan fingerprint density at radius 3 is 2.88 bits per heavy atom. The first-order valence-electron chi connectivity index (χ1n) is 8.07. The minimum Gasteiger partial charge on any atom is -0.351 e. The summed E-state index contributed by atoms with van der Waals surface area (Å²) in [6.07, 6.45) is 2.84. The van der Waals surface area contributed by atoms with Crippen molar-refractivity contribution in [2.45, 2.75) is 26.7 Å². The van der Waals surface area contributed by atoms with E-state index in [0.717, 1.165) is 10.9 Å². The van der Waals surface area contributed by atoms with E-state index in [9.17, 15) is 4.79 Å². The van der Waals surface area contributed by atoms with Crippen LogP contribution in [0.1, 0.15) is 24.3 Å². The van der Waals surface area contributed by atoms with Gasteiger partial charge in [-0.25, -0.2) is 4.68 Å². The summed E-state index contributed by atoms with van der Waals surface area (Å²) < 4.78 is 12.5. The summed E-state index contributed by atoms with van der Waals surface area (Å²) in [7, 11) is 0. The molecular weight excluding hydrogens is 324 g/mol. The fourth-order valence-corrected chi connectivity index (χ4v) is 2.39. The summed E-state index contributed by atoms with van der Waals surface area (Å²) in [5.74, 6) is -0.335. The Balaban J connectivity index is 1.65. The van der Waals surface area contributed by atoms with Crippen LogP contribution >= 0.6 is 0 Å². The highest BCUT2D eigenvalue weighted by molar-refractivity contribution is 6.03. The van der Waals surface area contributed by atoms with Gasteiger partial charge in [-0.1, -0.05) is 5.21 Å². The van der Waals surface area contributed by atoms with Gasteiger partial charge >= 0.3 is 0 Å². The number of carbonyl (C=O) groups excluding carboxylic acids is 1. The Kier molecular flexibility index (Phi) is 5.36. The standard InChI is InChI=1S/C16H20N6O3/c1-3-24-15(25-4-2)10-22-9-14(20-21-22)16(23)18-12-5-6-13-11(7-12)8-17-19-13/h5-9,15H,3-4,10H2,1-2H3,(H,17,19)(H,18,23). The first kappa shape index (κ1) is 17.1. The number of rotatable bonds is 8. The fourth-order valence-electron chi connectivity index (χ4n) is 2.39. The van der Waals surface area contributed by atoms with E-state index in [4.69, 9.17) is 9.47 Å².